The molecule has 118 valence electrons. The van der Waals surface area contributed by atoms with E-state index in [1.54, 1.807) is 18.0 Å². The zero-order valence-electron chi connectivity index (χ0n) is 12.6. The van der Waals surface area contributed by atoms with Crippen LogP contribution in [0.2, 0.25) is 0 Å². The molecule has 8 nitrogen and oxygen atoms in total. The molecule has 0 bridgehead atoms. The summed E-state index contributed by atoms with van der Waals surface area (Å²) in [6.45, 7) is 2.67. The number of carbonyl (C=O) groups is 1. The number of hydrogen-bond donors (Lipinski definition) is 1. The van der Waals surface area contributed by atoms with E-state index in [1.165, 1.54) is 0 Å². The maximum Gasteiger partial charge on any atom is 0.224 e. The Hall–Kier alpha value is -2.22. The first-order chi connectivity index (χ1) is 10.8. The fraction of sp³-hybridized carbons (Fsp3) is 0.571. The first-order valence-electron chi connectivity index (χ1n) is 7.46. The Morgan fingerprint density at radius 2 is 2.41 bits per heavy atom. The van der Waals surface area contributed by atoms with Gasteiger partial charge in [-0.15, -0.1) is 15.3 Å². The molecule has 0 aliphatic carbocycles. The molecular weight excluding hydrogens is 284 g/mol. The minimum Gasteiger partial charge on any atom is -0.383 e. The summed E-state index contributed by atoms with van der Waals surface area (Å²) in [5.74, 6) is 0.929. The van der Waals surface area contributed by atoms with Gasteiger partial charge in [-0.25, -0.2) is 0 Å². The molecule has 1 N–H and O–H groups in total. The van der Waals surface area contributed by atoms with Gasteiger partial charge in [0.2, 0.25) is 5.91 Å². The van der Waals surface area contributed by atoms with E-state index in [0.29, 0.717) is 19.7 Å². The molecule has 0 unspecified atom stereocenters. The van der Waals surface area contributed by atoms with E-state index in [0.717, 1.165) is 30.9 Å². The standard InChI is InChI=1S/C14H20N6O2/c1-22-8-6-15-14(21)11-3-2-7-19(9-11)13-5-4-12-17-16-10-20(12)18-13/h4-5,10-11H,2-3,6-9H2,1H3,(H,15,21)/t11-/m1/s1. The van der Waals surface area contributed by atoms with E-state index < -0.39 is 0 Å². The van der Waals surface area contributed by atoms with E-state index in [1.807, 2.05) is 12.1 Å². The third kappa shape index (κ3) is 3.16. The van der Waals surface area contributed by atoms with Gasteiger partial charge in [0.25, 0.3) is 0 Å². The van der Waals surface area contributed by atoms with Crippen molar-refractivity contribution in [2.24, 2.45) is 5.92 Å². The van der Waals surface area contributed by atoms with Gasteiger partial charge in [-0.2, -0.15) is 4.52 Å². The second kappa shape index (κ2) is 6.69. The van der Waals surface area contributed by atoms with Crippen LogP contribution in [0.25, 0.3) is 5.65 Å². The predicted molar refractivity (Wildman–Crippen MR) is 80.6 cm³/mol. The molecule has 2 aromatic heterocycles. The lowest BCUT2D eigenvalue weighted by Gasteiger charge is -2.32. The van der Waals surface area contributed by atoms with Crippen LogP contribution in [0.4, 0.5) is 5.82 Å². The molecule has 0 radical (unpaired) electrons. The minimum atomic E-state index is -0.0102. The van der Waals surface area contributed by atoms with Crippen LogP contribution < -0.4 is 10.2 Å². The molecule has 0 aromatic carbocycles. The lowest BCUT2D eigenvalue weighted by molar-refractivity contribution is -0.125. The Kier molecular flexibility index (Phi) is 4.47. The van der Waals surface area contributed by atoms with Gasteiger partial charge in [-0.1, -0.05) is 0 Å². The van der Waals surface area contributed by atoms with E-state index in [-0.39, 0.29) is 11.8 Å². The number of piperidine rings is 1. The highest BCUT2D eigenvalue weighted by Crippen LogP contribution is 2.21. The Labute approximate surface area is 128 Å². The van der Waals surface area contributed by atoms with Gasteiger partial charge < -0.3 is 15.0 Å². The molecule has 1 aliphatic rings. The van der Waals surface area contributed by atoms with Crippen LogP contribution in [0, 0.1) is 5.92 Å². The van der Waals surface area contributed by atoms with Crippen molar-refractivity contribution >= 4 is 17.4 Å². The van der Waals surface area contributed by atoms with Crippen molar-refractivity contribution in [3.05, 3.63) is 18.5 Å². The van der Waals surface area contributed by atoms with Gasteiger partial charge in [-0.3, -0.25) is 4.79 Å². The van der Waals surface area contributed by atoms with Crippen molar-refractivity contribution in [3.63, 3.8) is 0 Å². The van der Waals surface area contributed by atoms with E-state index in [2.05, 4.69) is 25.5 Å². The van der Waals surface area contributed by atoms with Crippen molar-refractivity contribution in [1.82, 2.24) is 25.1 Å². The summed E-state index contributed by atoms with van der Waals surface area (Å²) in [6.07, 6.45) is 3.46. The van der Waals surface area contributed by atoms with Gasteiger partial charge in [-0.05, 0) is 25.0 Å². The summed E-state index contributed by atoms with van der Waals surface area (Å²) >= 11 is 0. The van der Waals surface area contributed by atoms with Gasteiger partial charge in [0.15, 0.2) is 5.65 Å². The molecule has 2 aromatic rings. The Morgan fingerprint density at radius 3 is 3.27 bits per heavy atom. The highest BCUT2D eigenvalue weighted by atomic mass is 16.5. The summed E-state index contributed by atoms with van der Waals surface area (Å²) in [4.78, 5) is 14.3. The Morgan fingerprint density at radius 1 is 1.50 bits per heavy atom. The summed E-state index contributed by atoms with van der Waals surface area (Å²) < 4.78 is 6.60. The second-order valence-electron chi connectivity index (χ2n) is 5.39. The van der Waals surface area contributed by atoms with Crippen molar-refractivity contribution in [2.45, 2.75) is 12.8 Å². The third-order valence-electron chi connectivity index (χ3n) is 3.87. The lowest BCUT2D eigenvalue weighted by atomic mass is 9.97. The monoisotopic (exact) mass is 304 g/mol. The second-order valence-corrected chi connectivity index (χ2v) is 5.39. The number of ether oxygens (including phenoxy) is 1. The van der Waals surface area contributed by atoms with E-state index in [9.17, 15) is 4.79 Å². The molecule has 0 saturated carbocycles. The topological polar surface area (TPSA) is 84.6 Å². The Bertz CT molecular complexity index is 643. The van der Waals surface area contributed by atoms with Crippen LogP contribution in [0.5, 0.6) is 0 Å². The lowest BCUT2D eigenvalue weighted by Crippen LogP contribution is -2.44. The molecule has 1 saturated heterocycles. The number of aromatic nitrogens is 4. The van der Waals surface area contributed by atoms with Crippen LogP contribution in [0.3, 0.4) is 0 Å². The number of carbonyl (C=O) groups excluding carboxylic acids is 1. The number of rotatable bonds is 5. The predicted octanol–water partition coefficient (Wildman–Crippen LogP) is 0.103. The van der Waals surface area contributed by atoms with Crippen molar-refractivity contribution in [3.8, 4) is 0 Å². The number of fused-ring (bicyclic) bond motifs is 1. The minimum absolute atomic E-state index is 0.0102. The molecule has 1 amide bonds. The number of nitrogens with one attached hydrogen (secondary N) is 1. The van der Waals surface area contributed by atoms with Crippen LogP contribution in [-0.2, 0) is 9.53 Å². The molecule has 0 spiro atoms. The first-order valence-corrected chi connectivity index (χ1v) is 7.46. The fourth-order valence-corrected chi connectivity index (χ4v) is 2.71. The Balaban J connectivity index is 1.65. The average Bonchev–Trinajstić information content (AvgIpc) is 3.02. The van der Waals surface area contributed by atoms with Gasteiger partial charge in [0, 0.05) is 26.7 Å². The van der Waals surface area contributed by atoms with Gasteiger partial charge >= 0.3 is 0 Å². The maximum absolute atomic E-state index is 12.2. The summed E-state index contributed by atoms with van der Waals surface area (Å²) in [5, 5.41) is 15.2. The molecule has 22 heavy (non-hydrogen) atoms. The SMILES string of the molecule is COCCNC(=O)[C@@H]1CCCN(c2ccc3nncn3n2)C1. The van der Waals surface area contributed by atoms with Crippen LogP contribution in [0.1, 0.15) is 12.8 Å². The summed E-state index contributed by atoms with van der Waals surface area (Å²) in [5.41, 5.74) is 0.717. The maximum atomic E-state index is 12.2. The molecule has 8 heteroatoms. The van der Waals surface area contributed by atoms with Gasteiger partial charge in [0.1, 0.15) is 12.1 Å². The summed E-state index contributed by atoms with van der Waals surface area (Å²) in [7, 11) is 1.63. The van der Waals surface area contributed by atoms with Crippen LogP contribution >= 0.6 is 0 Å². The molecule has 1 atom stereocenters. The van der Waals surface area contributed by atoms with Crippen molar-refractivity contribution in [2.75, 3.05) is 38.3 Å². The molecule has 3 heterocycles. The average molecular weight is 304 g/mol. The highest BCUT2D eigenvalue weighted by Gasteiger charge is 2.26. The molecule has 1 aliphatic heterocycles. The smallest absolute Gasteiger partial charge is 0.224 e. The largest absolute Gasteiger partial charge is 0.383 e. The summed E-state index contributed by atoms with van der Waals surface area (Å²) in [6, 6.07) is 3.81. The number of hydrogen-bond acceptors (Lipinski definition) is 6. The molecule has 3 rings (SSSR count). The number of methoxy groups -OCH3 is 1. The zero-order chi connectivity index (χ0) is 15.4. The number of anilines is 1. The third-order valence-corrected chi connectivity index (χ3v) is 3.87. The molecule has 1 fully saturated rings. The van der Waals surface area contributed by atoms with Crippen LogP contribution in [0.15, 0.2) is 18.5 Å². The number of nitrogens with zero attached hydrogens (tertiary/aromatic N) is 5. The quantitative estimate of drug-likeness (QED) is 0.789. The highest BCUT2D eigenvalue weighted by molar-refractivity contribution is 5.79. The van der Waals surface area contributed by atoms with Crippen molar-refractivity contribution < 1.29 is 9.53 Å². The van der Waals surface area contributed by atoms with Crippen molar-refractivity contribution in [1.29, 1.82) is 0 Å². The zero-order valence-corrected chi connectivity index (χ0v) is 12.6. The molecular formula is C14H20N6O2. The van der Waals surface area contributed by atoms with E-state index in [4.69, 9.17) is 4.74 Å². The van der Waals surface area contributed by atoms with E-state index >= 15 is 0 Å². The van der Waals surface area contributed by atoms with Gasteiger partial charge in [0.05, 0.1) is 12.5 Å². The number of amides is 1. The first kappa shape index (κ1) is 14.7. The normalized spacial score (nSPS) is 18.6. The van der Waals surface area contributed by atoms with Crippen LogP contribution in [-0.4, -0.2) is 59.1 Å². The fourth-order valence-electron chi connectivity index (χ4n) is 2.71.